The summed E-state index contributed by atoms with van der Waals surface area (Å²) in [6.07, 6.45) is 4.21. The fourth-order valence-electron chi connectivity index (χ4n) is 4.20. The maximum atomic E-state index is 12.9. The van der Waals surface area contributed by atoms with Gasteiger partial charge in [0.05, 0.1) is 16.6 Å². The highest BCUT2D eigenvalue weighted by atomic mass is 35.5. The van der Waals surface area contributed by atoms with E-state index in [9.17, 15) is 4.79 Å². The van der Waals surface area contributed by atoms with Gasteiger partial charge in [-0.25, -0.2) is 0 Å². The normalized spacial score (nSPS) is 16.1. The molecule has 0 saturated carbocycles. The molecule has 30 heavy (non-hydrogen) atoms. The van der Waals surface area contributed by atoms with Gasteiger partial charge in [-0.2, -0.15) is 0 Å². The van der Waals surface area contributed by atoms with Crippen molar-refractivity contribution in [2.45, 2.75) is 38.6 Å². The summed E-state index contributed by atoms with van der Waals surface area (Å²) in [4.78, 5) is 17.7. The van der Waals surface area contributed by atoms with E-state index in [0.29, 0.717) is 24.5 Å². The van der Waals surface area contributed by atoms with E-state index in [2.05, 4.69) is 5.32 Å². The van der Waals surface area contributed by atoms with Gasteiger partial charge in [0.25, 0.3) is 5.91 Å². The summed E-state index contributed by atoms with van der Waals surface area (Å²) in [7, 11) is 0. The zero-order chi connectivity index (χ0) is 20.7. The second kappa shape index (κ2) is 7.80. The molecule has 5 nitrogen and oxygen atoms in total. The number of aryl methyl sites for hydroxylation is 1. The fourth-order valence-corrected chi connectivity index (χ4v) is 4.56. The zero-order valence-electron chi connectivity index (χ0n) is 16.8. The standard InChI is InChI=1S/C24H23ClN2O3/c1-14(15-7-9-21-22(13-15)30-11-10-29-21)26-24(28)16-6-8-18-20(12-16)27-19-5-3-2-4-17(19)23(18)25/h6-9,12-14H,2-5,10-11H2,1H3,(H,26,28)/t14-/m0/s1. The number of aromatic nitrogens is 1. The van der Waals surface area contributed by atoms with Crippen molar-refractivity contribution in [2.24, 2.45) is 0 Å². The van der Waals surface area contributed by atoms with Crippen molar-refractivity contribution >= 4 is 28.4 Å². The lowest BCUT2D eigenvalue weighted by Crippen LogP contribution is -2.27. The molecule has 1 aliphatic carbocycles. The van der Waals surface area contributed by atoms with E-state index in [1.165, 1.54) is 5.56 Å². The van der Waals surface area contributed by atoms with Crippen LogP contribution in [0.3, 0.4) is 0 Å². The van der Waals surface area contributed by atoms with Gasteiger partial charge in [-0.05, 0) is 68.0 Å². The molecule has 2 aliphatic rings. The predicted octanol–water partition coefficient (Wildman–Crippen LogP) is 5.03. The molecule has 1 amide bonds. The monoisotopic (exact) mass is 422 g/mol. The van der Waals surface area contributed by atoms with Crippen molar-refractivity contribution in [2.75, 3.05) is 13.2 Å². The number of carbonyl (C=O) groups excluding carboxylic acids is 1. The Bertz CT molecular complexity index is 1140. The second-order valence-electron chi connectivity index (χ2n) is 7.89. The first kappa shape index (κ1) is 19.2. The molecule has 1 aromatic heterocycles. The lowest BCUT2D eigenvalue weighted by Gasteiger charge is -2.21. The SMILES string of the molecule is C[C@H](NC(=O)c1ccc2c(Cl)c3c(nc2c1)CCCC3)c1ccc2c(c1)OCCO2. The van der Waals surface area contributed by atoms with Gasteiger partial charge >= 0.3 is 0 Å². The Morgan fingerprint density at radius 2 is 1.87 bits per heavy atom. The second-order valence-corrected chi connectivity index (χ2v) is 8.27. The van der Waals surface area contributed by atoms with Gasteiger partial charge in [0.2, 0.25) is 0 Å². The molecule has 2 aromatic carbocycles. The van der Waals surface area contributed by atoms with E-state index in [1.807, 2.05) is 43.3 Å². The number of hydrogen-bond acceptors (Lipinski definition) is 4. The van der Waals surface area contributed by atoms with E-state index >= 15 is 0 Å². The van der Waals surface area contributed by atoms with Gasteiger partial charge < -0.3 is 14.8 Å². The molecule has 1 N–H and O–H groups in total. The predicted molar refractivity (Wildman–Crippen MR) is 117 cm³/mol. The van der Waals surface area contributed by atoms with Crippen LogP contribution in [0, 0.1) is 0 Å². The molecule has 0 bridgehead atoms. The Morgan fingerprint density at radius 1 is 1.07 bits per heavy atom. The van der Waals surface area contributed by atoms with E-state index in [4.69, 9.17) is 26.1 Å². The minimum atomic E-state index is -0.177. The summed E-state index contributed by atoms with van der Waals surface area (Å²) in [5.74, 6) is 1.31. The Hall–Kier alpha value is -2.79. The highest BCUT2D eigenvalue weighted by Gasteiger charge is 2.19. The van der Waals surface area contributed by atoms with Gasteiger partial charge in [0.1, 0.15) is 13.2 Å². The van der Waals surface area contributed by atoms with Crippen LogP contribution in [0.5, 0.6) is 11.5 Å². The number of nitrogens with zero attached hydrogens (tertiary/aromatic N) is 1. The van der Waals surface area contributed by atoms with Crippen molar-refractivity contribution in [3.8, 4) is 11.5 Å². The van der Waals surface area contributed by atoms with Crippen molar-refractivity contribution in [3.63, 3.8) is 0 Å². The van der Waals surface area contributed by atoms with Gasteiger partial charge in [-0.15, -0.1) is 0 Å². The highest BCUT2D eigenvalue weighted by Crippen LogP contribution is 2.34. The van der Waals surface area contributed by atoms with Gasteiger partial charge in [-0.1, -0.05) is 23.7 Å². The smallest absolute Gasteiger partial charge is 0.251 e. The highest BCUT2D eigenvalue weighted by molar-refractivity contribution is 6.36. The number of fused-ring (bicyclic) bond motifs is 3. The van der Waals surface area contributed by atoms with Gasteiger partial charge in [-0.3, -0.25) is 9.78 Å². The average Bonchev–Trinajstić information content (AvgIpc) is 2.78. The van der Waals surface area contributed by atoms with Crippen LogP contribution in [0.4, 0.5) is 0 Å². The fraction of sp³-hybridized carbons (Fsp3) is 0.333. The quantitative estimate of drug-likeness (QED) is 0.643. The summed E-state index contributed by atoms with van der Waals surface area (Å²) >= 11 is 6.65. The lowest BCUT2D eigenvalue weighted by atomic mass is 9.94. The number of halogens is 1. The minimum Gasteiger partial charge on any atom is -0.486 e. The maximum Gasteiger partial charge on any atom is 0.251 e. The van der Waals surface area contributed by atoms with Gasteiger partial charge in [0, 0.05) is 16.6 Å². The summed E-state index contributed by atoms with van der Waals surface area (Å²) in [6.45, 7) is 3.05. The minimum absolute atomic E-state index is 0.144. The Kier molecular flexibility index (Phi) is 4.99. The first-order valence-corrected chi connectivity index (χ1v) is 10.8. The van der Waals surface area contributed by atoms with Crippen LogP contribution < -0.4 is 14.8 Å². The van der Waals surface area contributed by atoms with Crippen LogP contribution >= 0.6 is 11.6 Å². The molecule has 154 valence electrons. The lowest BCUT2D eigenvalue weighted by molar-refractivity contribution is 0.0940. The number of ether oxygens (including phenoxy) is 2. The van der Waals surface area contributed by atoms with Crippen molar-refractivity contribution in [3.05, 3.63) is 63.8 Å². The molecule has 3 aromatic rings. The summed E-state index contributed by atoms with van der Waals surface area (Å²) in [5, 5.41) is 4.76. The van der Waals surface area contributed by atoms with Crippen LogP contribution in [0.1, 0.15) is 53.0 Å². The van der Waals surface area contributed by atoms with Crippen molar-refractivity contribution in [1.82, 2.24) is 10.3 Å². The molecular weight excluding hydrogens is 400 g/mol. The maximum absolute atomic E-state index is 12.9. The van der Waals surface area contributed by atoms with Crippen LogP contribution in [0.15, 0.2) is 36.4 Å². The first-order valence-electron chi connectivity index (χ1n) is 10.4. The zero-order valence-corrected chi connectivity index (χ0v) is 17.6. The molecule has 0 saturated heterocycles. The largest absolute Gasteiger partial charge is 0.486 e. The summed E-state index contributed by atoms with van der Waals surface area (Å²) in [5.41, 5.74) is 4.55. The Balaban J connectivity index is 1.39. The van der Waals surface area contributed by atoms with E-state index in [-0.39, 0.29) is 11.9 Å². The van der Waals surface area contributed by atoms with E-state index in [0.717, 1.165) is 58.6 Å². The molecule has 6 heteroatoms. The van der Waals surface area contributed by atoms with Crippen LogP contribution in [-0.4, -0.2) is 24.1 Å². The molecule has 1 aliphatic heterocycles. The van der Waals surface area contributed by atoms with Crippen LogP contribution in [-0.2, 0) is 12.8 Å². The number of benzene rings is 2. The van der Waals surface area contributed by atoms with E-state index in [1.54, 1.807) is 0 Å². The molecule has 0 unspecified atom stereocenters. The Labute approximate surface area is 180 Å². The third-order valence-electron chi connectivity index (χ3n) is 5.87. The number of pyridine rings is 1. The summed E-state index contributed by atoms with van der Waals surface area (Å²) < 4.78 is 11.2. The van der Waals surface area contributed by atoms with Gasteiger partial charge in [0.15, 0.2) is 11.5 Å². The molecule has 0 radical (unpaired) electrons. The summed E-state index contributed by atoms with van der Waals surface area (Å²) in [6, 6.07) is 11.1. The van der Waals surface area contributed by atoms with Crippen molar-refractivity contribution in [1.29, 1.82) is 0 Å². The molecule has 2 heterocycles. The number of rotatable bonds is 3. The molecule has 1 atom stereocenters. The molecule has 0 spiro atoms. The number of carbonyl (C=O) groups is 1. The number of hydrogen-bond donors (Lipinski definition) is 1. The van der Waals surface area contributed by atoms with Crippen LogP contribution in [0.25, 0.3) is 10.9 Å². The Morgan fingerprint density at radius 3 is 2.73 bits per heavy atom. The third-order valence-corrected chi connectivity index (χ3v) is 6.30. The number of amides is 1. The molecule has 5 rings (SSSR count). The first-order chi connectivity index (χ1) is 14.6. The molecular formula is C24H23ClN2O3. The van der Waals surface area contributed by atoms with E-state index < -0.39 is 0 Å². The van der Waals surface area contributed by atoms with Crippen molar-refractivity contribution < 1.29 is 14.3 Å². The number of nitrogens with one attached hydrogen (secondary N) is 1. The third kappa shape index (κ3) is 3.47. The average molecular weight is 423 g/mol. The topological polar surface area (TPSA) is 60.5 Å². The molecule has 0 fully saturated rings. The van der Waals surface area contributed by atoms with Crippen LogP contribution in [0.2, 0.25) is 5.02 Å².